The molecule has 0 radical (unpaired) electrons. The summed E-state index contributed by atoms with van der Waals surface area (Å²) < 4.78 is 5.41. The van der Waals surface area contributed by atoms with Crippen molar-refractivity contribution in [2.24, 2.45) is 0 Å². The number of hydrogen-bond donors (Lipinski definition) is 1. The molecule has 1 saturated heterocycles. The Morgan fingerprint density at radius 3 is 2.72 bits per heavy atom. The Bertz CT molecular complexity index is 776. The molecule has 0 unspecified atom stereocenters. The summed E-state index contributed by atoms with van der Waals surface area (Å²) in [6.45, 7) is 2.96. The number of carbonyl (C=O) groups is 2. The monoisotopic (exact) mass is 358 g/mol. The van der Waals surface area contributed by atoms with Crippen LogP contribution in [0.2, 0.25) is 5.02 Å². The molecule has 1 atom stereocenters. The lowest BCUT2D eigenvalue weighted by atomic mass is 10.2. The van der Waals surface area contributed by atoms with Crippen molar-refractivity contribution in [2.75, 3.05) is 18.1 Å². The molecule has 130 valence electrons. The molecular formula is C19H19ClN2O3. The van der Waals surface area contributed by atoms with Crippen LogP contribution in [0.25, 0.3) is 0 Å². The molecule has 0 spiro atoms. The van der Waals surface area contributed by atoms with E-state index in [9.17, 15) is 9.59 Å². The van der Waals surface area contributed by atoms with E-state index < -0.39 is 0 Å². The molecule has 0 aromatic heterocycles. The number of nitrogens with zero attached hydrogens (tertiary/aromatic N) is 1. The number of amides is 2. The van der Waals surface area contributed by atoms with Crippen LogP contribution in [0.1, 0.15) is 23.7 Å². The third kappa shape index (κ3) is 4.12. The molecule has 3 rings (SSSR count). The minimum atomic E-state index is -0.231. The fraction of sp³-hybridized carbons (Fsp3) is 0.263. The normalized spacial score (nSPS) is 16.8. The van der Waals surface area contributed by atoms with Crippen LogP contribution in [-0.2, 0) is 4.79 Å². The number of hydrogen-bond acceptors (Lipinski definition) is 3. The molecule has 2 aromatic carbocycles. The van der Waals surface area contributed by atoms with E-state index >= 15 is 0 Å². The second-order valence-electron chi connectivity index (χ2n) is 5.82. The van der Waals surface area contributed by atoms with E-state index in [1.54, 1.807) is 29.2 Å². The van der Waals surface area contributed by atoms with Crippen molar-refractivity contribution >= 4 is 29.1 Å². The highest BCUT2D eigenvalue weighted by Crippen LogP contribution is 2.24. The summed E-state index contributed by atoms with van der Waals surface area (Å²) in [6, 6.07) is 13.9. The van der Waals surface area contributed by atoms with Crippen LogP contribution in [0.15, 0.2) is 48.5 Å². The van der Waals surface area contributed by atoms with E-state index in [0.29, 0.717) is 23.7 Å². The van der Waals surface area contributed by atoms with Crippen LogP contribution in [0, 0.1) is 0 Å². The molecule has 1 N–H and O–H groups in total. The van der Waals surface area contributed by atoms with Gasteiger partial charge >= 0.3 is 0 Å². The lowest BCUT2D eigenvalue weighted by molar-refractivity contribution is -0.117. The predicted octanol–water partition coefficient (Wildman–Crippen LogP) is 3.27. The zero-order valence-electron chi connectivity index (χ0n) is 13.9. The first kappa shape index (κ1) is 17.3. The molecule has 6 heteroatoms. The van der Waals surface area contributed by atoms with E-state index in [2.05, 4.69) is 5.32 Å². The molecule has 1 aliphatic rings. The summed E-state index contributed by atoms with van der Waals surface area (Å²) in [5.74, 6) is 0.526. The van der Waals surface area contributed by atoms with E-state index in [1.807, 2.05) is 31.2 Å². The first-order chi connectivity index (χ1) is 12.1. The minimum absolute atomic E-state index is 0.0134. The summed E-state index contributed by atoms with van der Waals surface area (Å²) in [7, 11) is 0. The highest BCUT2D eigenvalue weighted by molar-refractivity contribution is 6.30. The second kappa shape index (κ2) is 7.57. The van der Waals surface area contributed by atoms with Gasteiger partial charge in [-0.25, -0.2) is 0 Å². The summed E-state index contributed by atoms with van der Waals surface area (Å²) in [5, 5.41) is 3.41. The average Bonchev–Trinajstić information content (AvgIpc) is 2.96. The van der Waals surface area contributed by atoms with Crippen molar-refractivity contribution in [3.8, 4) is 5.75 Å². The largest absolute Gasteiger partial charge is 0.494 e. The molecule has 25 heavy (non-hydrogen) atoms. The number of benzene rings is 2. The van der Waals surface area contributed by atoms with Gasteiger partial charge in [0.2, 0.25) is 5.91 Å². The Morgan fingerprint density at radius 1 is 1.28 bits per heavy atom. The van der Waals surface area contributed by atoms with Crippen molar-refractivity contribution in [1.29, 1.82) is 0 Å². The standard InChI is InChI=1S/C19H19ClN2O3/c1-2-25-17-8-6-16(7-9-17)22-12-15(11-18(22)23)21-19(24)13-4-3-5-14(20)10-13/h3-10,15H,2,11-12H2,1H3,(H,21,24)/t15-/m0/s1. The number of anilines is 1. The fourth-order valence-electron chi connectivity index (χ4n) is 2.84. The molecule has 1 aliphatic heterocycles. The second-order valence-corrected chi connectivity index (χ2v) is 6.25. The van der Waals surface area contributed by atoms with Gasteiger partial charge in [-0.3, -0.25) is 9.59 Å². The van der Waals surface area contributed by atoms with E-state index in [0.717, 1.165) is 11.4 Å². The maximum Gasteiger partial charge on any atom is 0.251 e. The van der Waals surface area contributed by atoms with Crippen molar-refractivity contribution in [2.45, 2.75) is 19.4 Å². The van der Waals surface area contributed by atoms with Crippen LogP contribution in [0.4, 0.5) is 5.69 Å². The van der Waals surface area contributed by atoms with E-state index in [-0.39, 0.29) is 24.3 Å². The molecule has 1 heterocycles. The molecule has 5 nitrogen and oxygen atoms in total. The average molecular weight is 359 g/mol. The summed E-state index contributed by atoms with van der Waals surface area (Å²) >= 11 is 5.91. The first-order valence-corrected chi connectivity index (χ1v) is 8.54. The van der Waals surface area contributed by atoms with Crippen LogP contribution in [0.5, 0.6) is 5.75 Å². The zero-order chi connectivity index (χ0) is 17.8. The topological polar surface area (TPSA) is 58.6 Å². The zero-order valence-corrected chi connectivity index (χ0v) is 14.6. The minimum Gasteiger partial charge on any atom is -0.494 e. The van der Waals surface area contributed by atoms with Gasteiger partial charge in [0.15, 0.2) is 0 Å². The molecular weight excluding hydrogens is 340 g/mol. The van der Waals surface area contributed by atoms with Crippen molar-refractivity contribution < 1.29 is 14.3 Å². The molecule has 2 aromatic rings. The van der Waals surface area contributed by atoms with Crippen molar-refractivity contribution in [3.05, 3.63) is 59.1 Å². The Morgan fingerprint density at radius 2 is 2.04 bits per heavy atom. The first-order valence-electron chi connectivity index (χ1n) is 8.16. The van der Waals surface area contributed by atoms with Crippen LogP contribution >= 0.6 is 11.6 Å². The third-order valence-electron chi connectivity index (χ3n) is 4.01. The SMILES string of the molecule is CCOc1ccc(N2C[C@@H](NC(=O)c3cccc(Cl)c3)CC2=O)cc1. The Kier molecular flexibility index (Phi) is 5.24. The number of ether oxygens (including phenoxy) is 1. The highest BCUT2D eigenvalue weighted by atomic mass is 35.5. The smallest absolute Gasteiger partial charge is 0.251 e. The van der Waals surface area contributed by atoms with Gasteiger partial charge in [0.1, 0.15) is 5.75 Å². The summed E-state index contributed by atoms with van der Waals surface area (Å²) in [5.41, 5.74) is 1.28. The summed E-state index contributed by atoms with van der Waals surface area (Å²) in [6.07, 6.45) is 0.277. The quantitative estimate of drug-likeness (QED) is 0.892. The van der Waals surface area contributed by atoms with Crippen LogP contribution in [0.3, 0.4) is 0 Å². The van der Waals surface area contributed by atoms with E-state index in [1.165, 1.54) is 0 Å². The number of nitrogens with one attached hydrogen (secondary N) is 1. The van der Waals surface area contributed by atoms with Gasteiger partial charge in [-0.1, -0.05) is 17.7 Å². The van der Waals surface area contributed by atoms with Gasteiger partial charge in [-0.05, 0) is 49.4 Å². The van der Waals surface area contributed by atoms with Crippen LogP contribution < -0.4 is 15.0 Å². The molecule has 2 amide bonds. The molecule has 1 fully saturated rings. The number of rotatable bonds is 5. The molecule has 0 saturated carbocycles. The number of carbonyl (C=O) groups excluding carboxylic acids is 2. The molecule has 0 aliphatic carbocycles. The van der Waals surface area contributed by atoms with Gasteiger partial charge < -0.3 is 15.0 Å². The number of halogens is 1. The van der Waals surface area contributed by atoms with E-state index in [4.69, 9.17) is 16.3 Å². The third-order valence-corrected chi connectivity index (χ3v) is 4.24. The maximum absolute atomic E-state index is 12.3. The molecule has 0 bridgehead atoms. The Balaban J connectivity index is 1.65. The maximum atomic E-state index is 12.3. The lowest BCUT2D eigenvalue weighted by Gasteiger charge is -2.17. The van der Waals surface area contributed by atoms with Crippen LogP contribution in [-0.4, -0.2) is 31.0 Å². The summed E-state index contributed by atoms with van der Waals surface area (Å²) in [4.78, 5) is 26.3. The predicted molar refractivity (Wildman–Crippen MR) is 97.3 cm³/mol. The van der Waals surface area contributed by atoms with Gasteiger partial charge in [0, 0.05) is 29.2 Å². The lowest BCUT2D eigenvalue weighted by Crippen LogP contribution is -2.37. The van der Waals surface area contributed by atoms with Gasteiger partial charge in [-0.15, -0.1) is 0 Å². The van der Waals surface area contributed by atoms with Gasteiger partial charge in [0.25, 0.3) is 5.91 Å². The fourth-order valence-corrected chi connectivity index (χ4v) is 3.03. The van der Waals surface area contributed by atoms with Gasteiger partial charge in [0.05, 0.1) is 12.6 Å². The Hall–Kier alpha value is -2.53. The van der Waals surface area contributed by atoms with Crippen molar-refractivity contribution in [1.82, 2.24) is 5.32 Å². The highest BCUT2D eigenvalue weighted by Gasteiger charge is 2.31. The Labute approximate surface area is 151 Å². The van der Waals surface area contributed by atoms with Gasteiger partial charge in [-0.2, -0.15) is 0 Å². The van der Waals surface area contributed by atoms with Crippen molar-refractivity contribution in [3.63, 3.8) is 0 Å².